The van der Waals surface area contributed by atoms with E-state index in [1.165, 1.54) is 28.0 Å². The Morgan fingerprint density at radius 3 is 2.64 bits per heavy atom. The molecule has 2 aromatic heterocycles. The number of carbonyl (C=O) groups is 1. The molecule has 0 aliphatic heterocycles. The Morgan fingerprint density at radius 1 is 1.06 bits per heavy atom. The predicted octanol–water partition coefficient (Wildman–Crippen LogP) is 5.20. The Morgan fingerprint density at radius 2 is 1.85 bits per heavy atom. The monoisotopic (exact) mass is 477 g/mol. The molecule has 5 nitrogen and oxygen atoms in total. The van der Waals surface area contributed by atoms with Crippen LogP contribution >= 0.6 is 23.1 Å². The first-order valence-electron chi connectivity index (χ1n) is 11.1. The quantitative estimate of drug-likeness (QED) is 0.252. The van der Waals surface area contributed by atoms with Crippen molar-refractivity contribution in [3.8, 4) is 0 Å². The van der Waals surface area contributed by atoms with Gasteiger partial charge in [-0.05, 0) is 42.3 Å². The maximum absolute atomic E-state index is 13.1. The highest BCUT2D eigenvalue weighted by atomic mass is 32.2. The van der Waals surface area contributed by atoms with E-state index in [-0.39, 0.29) is 11.5 Å². The molecule has 0 radical (unpaired) electrons. The van der Waals surface area contributed by atoms with E-state index in [0.717, 1.165) is 17.7 Å². The number of hydrogen-bond donors (Lipinski definition) is 1. The molecule has 7 heteroatoms. The second-order valence-corrected chi connectivity index (χ2v) is 9.81. The molecule has 170 valence electrons. The average molecular weight is 478 g/mol. The molecule has 2 heterocycles. The maximum Gasteiger partial charge on any atom is 0.272 e. The van der Waals surface area contributed by atoms with Gasteiger partial charge in [-0.3, -0.25) is 14.2 Å². The van der Waals surface area contributed by atoms with E-state index in [2.05, 4.69) is 48.6 Å². The van der Waals surface area contributed by atoms with Crippen molar-refractivity contribution in [1.82, 2.24) is 14.9 Å². The van der Waals surface area contributed by atoms with E-state index in [4.69, 9.17) is 4.98 Å². The maximum atomic E-state index is 13.1. The van der Waals surface area contributed by atoms with Gasteiger partial charge in [-0.2, -0.15) is 0 Å². The standard InChI is InChI=1S/C26H27N3O2S2/c1-19-9-11-21(12-10-19)18-33-26-28-22-14-17-32-24(22)25(31)29(26)16-5-8-23(30)27-15-13-20-6-3-2-4-7-20/h2-4,6-7,9-12,14,17H,5,8,13,15-16,18H2,1H3,(H,27,30). The summed E-state index contributed by atoms with van der Waals surface area (Å²) < 4.78 is 2.40. The third kappa shape index (κ3) is 6.33. The minimum atomic E-state index is -0.0223. The van der Waals surface area contributed by atoms with Gasteiger partial charge in [-0.15, -0.1) is 11.3 Å². The Kier molecular flexibility index (Phi) is 7.96. The Labute approximate surface area is 201 Å². The molecule has 1 N–H and O–H groups in total. The highest BCUT2D eigenvalue weighted by molar-refractivity contribution is 7.98. The molecule has 2 aromatic carbocycles. The molecule has 33 heavy (non-hydrogen) atoms. The zero-order valence-electron chi connectivity index (χ0n) is 18.6. The summed E-state index contributed by atoms with van der Waals surface area (Å²) >= 11 is 2.98. The van der Waals surface area contributed by atoms with E-state index in [1.54, 1.807) is 16.3 Å². The number of thiophene rings is 1. The first-order valence-corrected chi connectivity index (χ1v) is 12.9. The lowest BCUT2D eigenvalue weighted by Gasteiger charge is -2.12. The van der Waals surface area contributed by atoms with Gasteiger partial charge in [0, 0.05) is 25.3 Å². The third-order valence-corrected chi connectivity index (χ3v) is 7.32. The SMILES string of the molecule is Cc1ccc(CSc2nc3ccsc3c(=O)n2CCCC(=O)NCCc2ccccc2)cc1. The lowest BCUT2D eigenvalue weighted by molar-refractivity contribution is -0.121. The second kappa shape index (κ2) is 11.3. The van der Waals surface area contributed by atoms with Gasteiger partial charge < -0.3 is 5.32 Å². The lowest BCUT2D eigenvalue weighted by atomic mass is 10.1. The highest BCUT2D eigenvalue weighted by Gasteiger charge is 2.13. The van der Waals surface area contributed by atoms with Crippen LogP contribution in [0.25, 0.3) is 10.2 Å². The molecule has 0 fully saturated rings. The first kappa shape index (κ1) is 23.3. The normalized spacial score (nSPS) is 11.1. The van der Waals surface area contributed by atoms with Crippen LogP contribution in [0.3, 0.4) is 0 Å². The third-order valence-electron chi connectivity index (χ3n) is 5.38. The summed E-state index contributed by atoms with van der Waals surface area (Å²) in [6, 6.07) is 20.4. The summed E-state index contributed by atoms with van der Waals surface area (Å²) in [6.07, 6.45) is 1.78. The fraction of sp³-hybridized carbons (Fsp3) is 0.269. The van der Waals surface area contributed by atoms with Crippen LogP contribution in [0.4, 0.5) is 0 Å². The molecule has 4 aromatic rings. The average Bonchev–Trinajstić information content (AvgIpc) is 3.30. The number of nitrogens with zero attached hydrogens (tertiary/aromatic N) is 2. The molecular weight excluding hydrogens is 450 g/mol. The van der Waals surface area contributed by atoms with Crippen LogP contribution < -0.4 is 10.9 Å². The number of amides is 1. The van der Waals surface area contributed by atoms with Crippen molar-refractivity contribution in [3.63, 3.8) is 0 Å². The predicted molar refractivity (Wildman–Crippen MR) is 137 cm³/mol. The molecule has 0 bridgehead atoms. The minimum Gasteiger partial charge on any atom is -0.356 e. The Balaban J connectivity index is 1.36. The number of thioether (sulfide) groups is 1. The number of carbonyl (C=O) groups excluding carboxylic acids is 1. The van der Waals surface area contributed by atoms with E-state index in [0.29, 0.717) is 35.8 Å². The van der Waals surface area contributed by atoms with Crippen LogP contribution in [0, 0.1) is 6.92 Å². The smallest absolute Gasteiger partial charge is 0.272 e. The van der Waals surface area contributed by atoms with E-state index in [9.17, 15) is 9.59 Å². The lowest BCUT2D eigenvalue weighted by Crippen LogP contribution is -2.27. The zero-order chi connectivity index (χ0) is 23.0. The number of benzene rings is 2. The number of fused-ring (bicyclic) bond motifs is 1. The molecule has 1 amide bonds. The number of hydrogen-bond acceptors (Lipinski definition) is 5. The van der Waals surface area contributed by atoms with E-state index in [1.807, 2.05) is 29.6 Å². The van der Waals surface area contributed by atoms with Crippen LogP contribution in [-0.4, -0.2) is 22.0 Å². The van der Waals surface area contributed by atoms with E-state index >= 15 is 0 Å². The fourth-order valence-corrected chi connectivity index (χ4v) is 5.30. The summed E-state index contributed by atoms with van der Waals surface area (Å²) in [5.74, 6) is 0.750. The van der Waals surface area contributed by atoms with Crippen molar-refractivity contribution >= 4 is 39.2 Å². The summed E-state index contributed by atoms with van der Waals surface area (Å²) in [5, 5.41) is 5.58. The minimum absolute atomic E-state index is 0.0120. The topological polar surface area (TPSA) is 64.0 Å². The van der Waals surface area contributed by atoms with Crippen molar-refractivity contribution in [2.75, 3.05) is 6.54 Å². The van der Waals surface area contributed by atoms with Crippen LogP contribution in [0.15, 0.2) is 76.0 Å². The summed E-state index contributed by atoms with van der Waals surface area (Å²) in [6.45, 7) is 3.16. The molecule has 0 saturated carbocycles. The molecule has 0 aliphatic rings. The summed E-state index contributed by atoms with van der Waals surface area (Å²) in [4.78, 5) is 30.1. The highest BCUT2D eigenvalue weighted by Crippen LogP contribution is 2.24. The van der Waals surface area contributed by atoms with Crippen molar-refractivity contribution in [3.05, 3.63) is 93.1 Å². The second-order valence-electron chi connectivity index (χ2n) is 7.95. The van der Waals surface area contributed by atoms with Crippen LogP contribution in [0.5, 0.6) is 0 Å². The van der Waals surface area contributed by atoms with Crippen molar-refractivity contribution < 1.29 is 4.79 Å². The molecule has 0 unspecified atom stereocenters. The van der Waals surface area contributed by atoms with Gasteiger partial charge in [-0.1, -0.05) is 71.9 Å². The van der Waals surface area contributed by atoms with Gasteiger partial charge in [0.05, 0.1) is 5.52 Å². The number of nitrogens with one attached hydrogen (secondary N) is 1. The molecule has 0 atom stereocenters. The van der Waals surface area contributed by atoms with Crippen LogP contribution in [0.1, 0.15) is 29.5 Å². The number of rotatable bonds is 10. The molecular formula is C26H27N3O2S2. The number of aromatic nitrogens is 2. The molecule has 0 saturated heterocycles. The molecule has 0 spiro atoms. The zero-order valence-corrected chi connectivity index (χ0v) is 20.3. The van der Waals surface area contributed by atoms with Gasteiger partial charge in [0.1, 0.15) is 4.70 Å². The van der Waals surface area contributed by atoms with Gasteiger partial charge in [0.15, 0.2) is 5.16 Å². The van der Waals surface area contributed by atoms with Crippen molar-refractivity contribution in [1.29, 1.82) is 0 Å². The van der Waals surface area contributed by atoms with Crippen LogP contribution in [0.2, 0.25) is 0 Å². The van der Waals surface area contributed by atoms with Gasteiger partial charge in [-0.25, -0.2) is 4.98 Å². The van der Waals surface area contributed by atoms with Crippen molar-refractivity contribution in [2.24, 2.45) is 0 Å². The summed E-state index contributed by atoms with van der Waals surface area (Å²) in [5.41, 5.74) is 4.34. The van der Waals surface area contributed by atoms with Crippen LogP contribution in [-0.2, 0) is 23.5 Å². The van der Waals surface area contributed by atoms with E-state index < -0.39 is 0 Å². The Hall–Kier alpha value is -2.90. The fourth-order valence-electron chi connectivity index (χ4n) is 3.54. The number of aryl methyl sites for hydroxylation is 1. The molecule has 0 aliphatic carbocycles. The summed E-state index contributed by atoms with van der Waals surface area (Å²) in [7, 11) is 0. The molecule has 4 rings (SSSR count). The Bertz CT molecular complexity index is 1260. The van der Waals surface area contributed by atoms with Gasteiger partial charge >= 0.3 is 0 Å². The van der Waals surface area contributed by atoms with Gasteiger partial charge in [0.2, 0.25) is 5.91 Å². The van der Waals surface area contributed by atoms with Crippen molar-refractivity contribution in [2.45, 2.75) is 43.6 Å². The largest absolute Gasteiger partial charge is 0.356 e. The van der Waals surface area contributed by atoms with Gasteiger partial charge in [0.25, 0.3) is 5.56 Å². The first-order chi connectivity index (χ1) is 16.1.